The van der Waals surface area contributed by atoms with E-state index < -0.39 is 8.07 Å². The Morgan fingerprint density at radius 3 is 1.75 bits per heavy atom. The van der Waals surface area contributed by atoms with Gasteiger partial charge in [0.15, 0.2) is 0 Å². The third-order valence-electron chi connectivity index (χ3n) is 3.27. The van der Waals surface area contributed by atoms with Gasteiger partial charge in [0.05, 0.1) is 33.1 Å². The van der Waals surface area contributed by atoms with Crippen LogP contribution in [0.2, 0.25) is 19.6 Å². The Kier molecular flexibility index (Phi) is 5.99. The van der Waals surface area contributed by atoms with Crippen LogP contribution in [0.4, 0.5) is 0 Å². The number of carbonyl (C=O) groups excluding carboxylic acids is 2. The van der Waals surface area contributed by atoms with Crippen LogP contribution in [0.5, 0.6) is 0 Å². The van der Waals surface area contributed by atoms with E-state index in [1.54, 1.807) is 13.8 Å². The summed E-state index contributed by atoms with van der Waals surface area (Å²) in [6, 6.07) is 0. The van der Waals surface area contributed by atoms with Crippen molar-refractivity contribution in [3.63, 3.8) is 0 Å². The van der Waals surface area contributed by atoms with E-state index in [1.807, 2.05) is 0 Å². The van der Waals surface area contributed by atoms with Crippen molar-refractivity contribution in [1.29, 1.82) is 0 Å². The molecule has 0 radical (unpaired) electrons. The van der Waals surface area contributed by atoms with Crippen LogP contribution in [0.1, 0.15) is 26.7 Å². The first-order valence-corrected chi connectivity index (χ1v) is 10.9. The molecular formula is C15H26O4Si. The Labute approximate surface area is 122 Å². The van der Waals surface area contributed by atoms with E-state index in [0.717, 1.165) is 0 Å². The van der Waals surface area contributed by atoms with Gasteiger partial charge in [-0.3, -0.25) is 9.59 Å². The molecule has 0 spiro atoms. The van der Waals surface area contributed by atoms with Gasteiger partial charge in [0.25, 0.3) is 0 Å². The lowest BCUT2D eigenvalue weighted by Gasteiger charge is -2.15. The highest BCUT2D eigenvalue weighted by Crippen LogP contribution is 2.38. The molecule has 1 rings (SSSR count). The molecule has 0 aliphatic heterocycles. The van der Waals surface area contributed by atoms with Gasteiger partial charge in [0.2, 0.25) is 0 Å². The van der Waals surface area contributed by atoms with Gasteiger partial charge in [-0.15, -0.1) is 0 Å². The standard InChI is InChI=1S/C15H26O4Si/c1-6-18-14(16)12-8-11(10-20(3,4)5)9-13(12)15(17)19-7-2/h10,12-13H,6-9H2,1-5H3. The second-order valence-corrected chi connectivity index (χ2v) is 11.3. The van der Waals surface area contributed by atoms with Crippen LogP contribution >= 0.6 is 0 Å². The summed E-state index contributed by atoms with van der Waals surface area (Å²) in [4.78, 5) is 24.1. The molecule has 0 amide bonds. The van der Waals surface area contributed by atoms with E-state index in [-0.39, 0.29) is 23.8 Å². The maximum atomic E-state index is 12.0. The lowest BCUT2D eigenvalue weighted by atomic mass is 9.96. The fourth-order valence-electron chi connectivity index (χ4n) is 2.66. The van der Waals surface area contributed by atoms with Gasteiger partial charge < -0.3 is 9.47 Å². The molecule has 5 heteroatoms. The predicted molar refractivity (Wildman–Crippen MR) is 80.9 cm³/mol. The van der Waals surface area contributed by atoms with Gasteiger partial charge in [-0.25, -0.2) is 0 Å². The maximum absolute atomic E-state index is 12.0. The fourth-order valence-corrected chi connectivity index (χ4v) is 4.12. The van der Waals surface area contributed by atoms with Gasteiger partial charge in [0.1, 0.15) is 0 Å². The Bertz CT molecular complexity index is 367. The average Bonchev–Trinajstić information content (AvgIpc) is 2.71. The Balaban J connectivity index is 2.91. The highest BCUT2D eigenvalue weighted by atomic mass is 28.3. The molecule has 1 fully saturated rings. The minimum Gasteiger partial charge on any atom is -0.466 e. The first-order valence-electron chi connectivity index (χ1n) is 7.32. The highest BCUT2D eigenvalue weighted by molar-refractivity contribution is 6.81. The van der Waals surface area contributed by atoms with Gasteiger partial charge >= 0.3 is 11.9 Å². The number of allylic oxidation sites excluding steroid dienone is 1. The van der Waals surface area contributed by atoms with Gasteiger partial charge in [0, 0.05) is 0 Å². The number of esters is 2. The van der Waals surface area contributed by atoms with Crippen molar-refractivity contribution in [2.45, 2.75) is 46.3 Å². The lowest BCUT2D eigenvalue weighted by molar-refractivity contribution is -0.158. The van der Waals surface area contributed by atoms with E-state index >= 15 is 0 Å². The van der Waals surface area contributed by atoms with E-state index in [2.05, 4.69) is 25.3 Å². The van der Waals surface area contributed by atoms with Crippen LogP contribution in [-0.2, 0) is 19.1 Å². The molecule has 0 aromatic rings. The predicted octanol–water partition coefficient (Wildman–Crippen LogP) is 2.94. The second-order valence-electron chi connectivity index (χ2n) is 6.29. The molecule has 0 saturated heterocycles. The Morgan fingerprint density at radius 1 is 1.05 bits per heavy atom. The van der Waals surface area contributed by atoms with Crippen LogP contribution in [0.25, 0.3) is 0 Å². The average molecular weight is 298 g/mol. The van der Waals surface area contributed by atoms with E-state index in [4.69, 9.17) is 9.47 Å². The van der Waals surface area contributed by atoms with E-state index in [1.165, 1.54) is 5.57 Å². The van der Waals surface area contributed by atoms with Crippen molar-refractivity contribution < 1.29 is 19.1 Å². The molecule has 0 aromatic carbocycles. The zero-order valence-corrected chi connectivity index (χ0v) is 14.2. The van der Waals surface area contributed by atoms with Crippen LogP contribution in [-0.4, -0.2) is 33.2 Å². The molecule has 2 atom stereocenters. The minimum atomic E-state index is -1.35. The SMILES string of the molecule is CCOC(=O)C1CC(=C[Si](C)(C)C)CC1C(=O)OCC. The van der Waals surface area contributed by atoms with Crippen molar-refractivity contribution in [3.8, 4) is 0 Å². The summed E-state index contributed by atoms with van der Waals surface area (Å²) in [5.41, 5.74) is 3.50. The highest BCUT2D eigenvalue weighted by Gasteiger charge is 2.42. The monoisotopic (exact) mass is 298 g/mol. The van der Waals surface area contributed by atoms with Crippen LogP contribution < -0.4 is 0 Å². The van der Waals surface area contributed by atoms with Gasteiger partial charge in [-0.05, 0) is 26.7 Å². The summed E-state index contributed by atoms with van der Waals surface area (Å²) >= 11 is 0. The first-order chi connectivity index (χ1) is 9.28. The molecule has 0 heterocycles. The summed E-state index contributed by atoms with van der Waals surface area (Å²) in [6.07, 6.45) is 1.26. The zero-order chi connectivity index (χ0) is 15.3. The number of hydrogen-bond donors (Lipinski definition) is 0. The molecule has 1 aliphatic rings. The molecule has 0 bridgehead atoms. The van der Waals surface area contributed by atoms with Gasteiger partial charge in [-0.1, -0.05) is 30.9 Å². The van der Waals surface area contributed by atoms with Gasteiger partial charge in [-0.2, -0.15) is 0 Å². The number of carbonyl (C=O) groups is 2. The van der Waals surface area contributed by atoms with Crippen molar-refractivity contribution in [3.05, 3.63) is 11.3 Å². The van der Waals surface area contributed by atoms with Crippen LogP contribution in [0.3, 0.4) is 0 Å². The Hall–Kier alpha value is -1.10. The van der Waals surface area contributed by atoms with Crippen molar-refractivity contribution in [2.24, 2.45) is 11.8 Å². The summed E-state index contributed by atoms with van der Waals surface area (Å²) in [5, 5.41) is 0. The summed E-state index contributed by atoms with van der Waals surface area (Å²) in [7, 11) is -1.35. The Morgan fingerprint density at radius 2 is 1.45 bits per heavy atom. The fraction of sp³-hybridized carbons (Fsp3) is 0.733. The topological polar surface area (TPSA) is 52.6 Å². The van der Waals surface area contributed by atoms with E-state index in [0.29, 0.717) is 26.1 Å². The molecule has 4 nitrogen and oxygen atoms in total. The van der Waals surface area contributed by atoms with Crippen molar-refractivity contribution in [1.82, 2.24) is 0 Å². The zero-order valence-electron chi connectivity index (χ0n) is 13.2. The largest absolute Gasteiger partial charge is 0.466 e. The van der Waals surface area contributed by atoms with E-state index in [9.17, 15) is 9.59 Å². The molecule has 114 valence electrons. The number of rotatable bonds is 5. The molecule has 1 saturated carbocycles. The summed E-state index contributed by atoms with van der Waals surface area (Å²) in [6.45, 7) is 11.0. The molecular weight excluding hydrogens is 272 g/mol. The van der Waals surface area contributed by atoms with Crippen LogP contribution in [0, 0.1) is 11.8 Å². The summed E-state index contributed by atoms with van der Waals surface area (Å²) in [5.74, 6) is -1.30. The van der Waals surface area contributed by atoms with Crippen molar-refractivity contribution in [2.75, 3.05) is 13.2 Å². The molecule has 2 unspecified atom stereocenters. The maximum Gasteiger partial charge on any atom is 0.310 e. The quantitative estimate of drug-likeness (QED) is 0.578. The summed E-state index contributed by atoms with van der Waals surface area (Å²) < 4.78 is 10.2. The lowest BCUT2D eigenvalue weighted by Crippen LogP contribution is -2.28. The molecule has 20 heavy (non-hydrogen) atoms. The molecule has 1 aliphatic carbocycles. The second kappa shape index (κ2) is 7.06. The smallest absolute Gasteiger partial charge is 0.310 e. The number of ether oxygens (including phenoxy) is 2. The third-order valence-corrected chi connectivity index (χ3v) is 4.54. The normalized spacial score (nSPS) is 22.6. The minimum absolute atomic E-state index is 0.274. The number of hydrogen-bond acceptors (Lipinski definition) is 4. The molecule has 0 aromatic heterocycles. The van der Waals surface area contributed by atoms with Crippen LogP contribution in [0.15, 0.2) is 11.3 Å². The first kappa shape index (κ1) is 16.9. The molecule has 0 N–H and O–H groups in total. The van der Waals surface area contributed by atoms with Crippen molar-refractivity contribution >= 4 is 20.0 Å². The third kappa shape index (κ3) is 4.78.